The summed E-state index contributed by atoms with van der Waals surface area (Å²) in [5.74, 6) is -3.27. The van der Waals surface area contributed by atoms with Gasteiger partial charge in [-0.1, -0.05) is 0 Å². The number of carboxylic acids is 1. The highest BCUT2D eigenvalue weighted by Crippen LogP contribution is 2.33. The molecule has 0 bridgehead atoms. The first kappa shape index (κ1) is 16.5. The maximum absolute atomic E-state index is 12.7. The summed E-state index contributed by atoms with van der Waals surface area (Å²) in [4.78, 5) is 22.1. The minimum atomic E-state index is -4.82. The molecule has 1 unspecified atom stereocenters. The number of carbonyl (C=O) groups excluding carboxylic acids is 1. The lowest BCUT2D eigenvalue weighted by molar-refractivity contribution is -0.161. The number of carboxylic acid groups (broad SMARTS) is 1. The number of hydrogen-bond acceptors (Lipinski definition) is 4. The molecule has 21 heavy (non-hydrogen) atoms. The minimum absolute atomic E-state index is 0.396. The van der Waals surface area contributed by atoms with Gasteiger partial charge in [0.2, 0.25) is 5.60 Å². The number of alkyl halides is 3. The first-order valence-electron chi connectivity index (χ1n) is 5.38. The third-order valence-corrected chi connectivity index (χ3v) is 2.56. The fourth-order valence-electron chi connectivity index (χ4n) is 1.30. The van der Waals surface area contributed by atoms with Gasteiger partial charge in [-0.2, -0.15) is 18.4 Å². The van der Waals surface area contributed by atoms with E-state index in [-0.39, 0.29) is 0 Å². The number of rotatable bonds is 3. The fourth-order valence-corrected chi connectivity index (χ4v) is 1.30. The van der Waals surface area contributed by atoms with Crippen LogP contribution in [0.5, 0.6) is 0 Å². The lowest BCUT2D eigenvalue weighted by Gasteiger charge is -2.18. The van der Waals surface area contributed by atoms with Crippen LogP contribution in [0, 0.1) is 11.3 Å². The number of hydrogen-bond donors (Lipinski definition) is 3. The van der Waals surface area contributed by atoms with Gasteiger partial charge >= 0.3 is 12.1 Å². The van der Waals surface area contributed by atoms with Crippen LogP contribution in [0.4, 0.5) is 18.9 Å². The zero-order valence-electron chi connectivity index (χ0n) is 10.5. The molecule has 0 aromatic heterocycles. The van der Waals surface area contributed by atoms with E-state index in [4.69, 9.17) is 10.4 Å². The Morgan fingerprint density at radius 2 is 1.90 bits per heavy atom. The fraction of sp³-hybridized carbons (Fsp3) is 0.250. The average molecular weight is 302 g/mol. The second kappa shape index (κ2) is 5.41. The monoisotopic (exact) mass is 302 g/mol. The van der Waals surface area contributed by atoms with Crippen LogP contribution in [0.25, 0.3) is 0 Å². The Morgan fingerprint density at radius 3 is 2.33 bits per heavy atom. The molecule has 112 valence electrons. The van der Waals surface area contributed by atoms with E-state index < -0.39 is 40.5 Å². The van der Waals surface area contributed by atoms with E-state index >= 15 is 0 Å². The molecule has 1 aromatic carbocycles. The zero-order valence-corrected chi connectivity index (χ0v) is 10.5. The van der Waals surface area contributed by atoms with Gasteiger partial charge in [-0.3, -0.25) is 4.79 Å². The van der Waals surface area contributed by atoms with Gasteiger partial charge in [0.1, 0.15) is 0 Å². The number of nitrogens with one attached hydrogen (secondary N) is 1. The number of nitriles is 1. The van der Waals surface area contributed by atoms with Crippen LogP contribution >= 0.6 is 0 Å². The van der Waals surface area contributed by atoms with Crippen LogP contribution in [0.3, 0.4) is 0 Å². The normalized spacial score (nSPS) is 13.9. The molecule has 0 saturated heterocycles. The van der Waals surface area contributed by atoms with Gasteiger partial charge < -0.3 is 15.5 Å². The largest absolute Gasteiger partial charge is 0.479 e. The van der Waals surface area contributed by atoms with Crippen LogP contribution in [-0.4, -0.2) is 27.7 Å². The van der Waals surface area contributed by atoms with E-state index in [2.05, 4.69) is 0 Å². The van der Waals surface area contributed by atoms with Gasteiger partial charge in [-0.15, -0.1) is 0 Å². The average Bonchev–Trinajstić information content (AvgIpc) is 2.37. The van der Waals surface area contributed by atoms with Crippen LogP contribution in [-0.2, 0) is 15.8 Å². The molecule has 0 aliphatic carbocycles. The van der Waals surface area contributed by atoms with Crippen molar-refractivity contribution in [3.8, 4) is 6.07 Å². The van der Waals surface area contributed by atoms with E-state index in [0.717, 1.165) is 12.1 Å². The zero-order chi connectivity index (χ0) is 16.4. The summed E-state index contributed by atoms with van der Waals surface area (Å²) in [6, 6.07) is 3.65. The number of aliphatic carboxylic acids is 1. The SMILES string of the molecule is CC(O)(C(=O)O)C(=O)Nc1ccc(C#N)c(C(F)(F)F)c1. The van der Waals surface area contributed by atoms with Gasteiger partial charge in [0.05, 0.1) is 17.2 Å². The summed E-state index contributed by atoms with van der Waals surface area (Å²) in [7, 11) is 0. The highest BCUT2D eigenvalue weighted by atomic mass is 19.4. The number of aliphatic hydroxyl groups is 1. The lowest BCUT2D eigenvalue weighted by atomic mass is 10.0. The van der Waals surface area contributed by atoms with Crippen molar-refractivity contribution in [1.82, 2.24) is 0 Å². The summed E-state index contributed by atoms with van der Waals surface area (Å²) in [6.07, 6.45) is -4.82. The summed E-state index contributed by atoms with van der Waals surface area (Å²) in [5, 5.41) is 28.4. The van der Waals surface area contributed by atoms with Crippen molar-refractivity contribution in [2.75, 3.05) is 5.32 Å². The third kappa shape index (κ3) is 3.49. The highest BCUT2D eigenvalue weighted by molar-refractivity contribution is 6.10. The van der Waals surface area contributed by atoms with Crippen molar-refractivity contribution in [2.45, 2.75) is 18.7 Å². The Balaban J connectivity index is 3.16. The van der Waals surface area contributed by atoms with Gasteiger partial charge in [-0.25, -0.2) is 4.79 Å². The highest BCUT2D eigenvalue weighted by Gasteiger charge is 2.39. The molecule has 9 heteroatoms. The van der Waals surface area contributed by atoms with Crippen molar-refractivity contribution in [2.24, 2.45) is 0 Å². The Kier molecular flexibility index (Phi) is 4.24. The molecule has 3 N–H and O–H groups in total. The molecule has 1 rings (SSSR count). The molecule has 0 aliphatic rings. The van der Waals surface area contributed by atoms with Crippen LogP contribution in [0.15, 0.2) is 18.2 Å². The quantitative estimate of drug-likeness (QED) is 0.730. The maximum atomic E-state index is 12.7. The maximum Gasteiger partial charge on any atom is 0.417 e. The molecule has 0 radical (unpaired) electrons. The topological polar surface area (TPSA) is 110 Å². The first-order chi connectivity index (χ1) is 9.50. The second-order valence-corrected chi connectivity index (χ2v) is 4.20. The van der Waals surface area contributed by atoms with Crippen molar-refractivity contribution < 1.29 is 33.0 Å². The molecule has 1 atom stereocenters. The van der Waals surface area contributed by atoms with E-state index in [1.54, 1.807) is 0 Å². The van der Waals surface area contributed by atoms with E-state index in [1.807, 2.05) is 5.32 Å². The van der Waals surface area contributed by atoms with E-state index in [0.29, 0.717) is 13.0 Å². The summed E-state index contributed by atoms with van der Waals surface area (Å²) in [5.41, 5.74) is -5.12. The van der Waals surface area contributed by atoms with Crippen LogP contribution in [0.2, 0.25) is 0 Å². The van der Waals surface area contributed by atoms with Crippen molar-refractivity contribution in [3.63, 3.8) is 0 Å². The van der Waals surface area contributed by atoms with Gasteiger partial charge in [-0.05, 0) is 25.1 Å². The van der Waals surface area contributed by atoms with Gasteiger partial charge in [0.25, 0.3) is 5.91 Å². The molecule has 6 nitrogen and oxygen atoms in total. The molecule has 0 aliphatic heterocycles. The molecule has 0 fully saturated rings. The smallest absolute Gasteiger partial charge is 0.417 e. The predicted molar refractivity (Wildman–Crippen MR) is 63.0 cm³/mol. The third-order valence-electron chi connectivity index (χ3n) is 2.56. The van der Waals surface area contributed by atoms with Gasteiger partial charge in [0.15, 0.2) is 0 Å². The van der Waals surface area contributed by atoms with Crippen molar-refractivity contribution in [3.05, 3.63) is 29.3 Å². The summed E-state index contributed by atoms with van der Waals surface area (Å²) in [6.45, 7) is 0.680. The lowest BCUT2D eigenvalue weighted by Crippen LogP contribution is -2.47. The summed E-state index contributed by atoms with van der Waals surface area (Å²) < 4.78 is 38.1. The number of anilines is 1. The standard InChI is InChI=1S/C12H9F3N2O4/c1-11(21,10(19)20)9(18)17-7-3-2-6(5-16)8(4-7)12(13,14)15/h2-4,21H,1H3,(H,17,18)(H,19,20). The molecular formula is C12H9F3N2O4. The number of benzene rings is 1. The number of nitrogens with zero attached hydrogens (tertiary/aromatic N) is 1. The summed E-state index contributed by atoms with van der Waals surface area (Å²) >= 11 is 0. The Labute approximate surface area is 116 Å². The Morgan fingerprint density at radius 1 is 1.33 bits per heavy atom. The molecule has 0 heterocycles. The van der Waals surface area contributed by atoms with Crippen LogP contribution < -0.4 is 5.32 Å². The Bertz CT molecular complexity index is 632. The van der Waals surface area contributed by atoms with Crippen molar-refractivity contribution in [1.29, 1.82) is 5.26 Å². The molecule has 0 spiro atoms. The minimum Gasteiger partial charge on any atom is -0.479 e. The molecule has 1 aromatic rings. The number of halogens is 3. The Hall–Kier alpha value is -2.60. The van der Waals surface area contributed by atoms with Crippen LogP contribution in [0.1, 0.15) is 18.1 Å². The first-order valence-corrected chi connectivity index (χ1v) is 5.38. The molecule has 0 saturated carbocycles. The number of carbonyl (C=O) groups is 2. The van der Waals surface area contributed by atoms with E-state index in [1.165, 1.54) is 6.07 Å². The van der Waals surface area contributed by atoms with Crippen molar-refractivity contribution >= 4 is 17.6 Å². The van der Waals surface area contributed by atoms with Gasteiger partial charge in [0, 0.05) is 5.69 Å². The second-order valence-electron chi connectivity index (χ2n) is 4.20. The molecular weight excluding hydrogens is 293 g/mol. The number of amides is 1. The molecule has 1 amide bonds. The predicted octanol–water partition coefficient (Wildman–Crippen LogP) is 1.35. The van der Waals surface area contributed by atoms with E-state index in [9.17, 15) is 27.9 Å².